The van der Waals surface area contributed by atoms with Crippen molar-refractivity contribution in [2.75, 3.05) is 20.6 Å². The van der Waals surface area contributed by atoms with E-state index >= 15 is 0 Å². The number of ether oxygens (including phenoxy) is 3. The quantitative estimate of drug-likeness (QED) is 0.0343. The van der Waals surface area contributed by atoms with Gasteiger partial charge in [0.25, 0.3) is 20.0 Å². The van der Waals surface area contributed by atoms with Crippen LogP contribution in [0.5, 0.6) is 0 Å². The van der Waals surface area contributed by atoms with E-state index in [2.05, 4.69) is 10.6 Å². The maximum absolute atomic E-state index is 14.1. The molecule has 0 fully saturated rings. The van der Waals surface area contributed by atoms with Crippen molar-refractivity contribution in [3.63, 3.8) is 0 Å². The number of alkyl carbamates (subject to hydrolysis) is 1. The lowest BCUT2D eigenvalue weighted by molar-refractivity contribution is -0.147. The van der Waals surface area contributed by atoms with Gasteiger partial charge in [-0.25, -0.2) is 39.8 Å². The molecule has 416 valence electrons. The van der Waals surface area contributed by atoms with Gasteiger partial charge in [0.1, 0.15) is 54.0 Å². The van der Waals surface area contributed by atoms with Gasteiger partial charge in [0.15, 0.2) is 5.78 Å². The van der Waals surface area contributed by atoms with Crippen molar-refractivity contribution in [2.45, 2.75) is 61.3 Å². The Bertz CT molecular complexity index is 3100. The van der Waals surface area contributed by atoms with E-state index in [9.17, 15) is 65.4 Å². The molecule has 0 aromatic heterocycles. The molecule has 0 saturated carbocycles. The van der Waals surface area contributed by atoms with Crippen LogP contribution in [0.3, 0.4) is 0 Å². The molecular weight excluding hydrogens is 1150 g/mol. The summed E-state index contributed by atoms with van der Waals surface area (Å²) in [5, 5.41) is 30.6. The average molecular weight is 1200 g/mol. The number of sulfonamides is 2. The number of hydrogen-bond donors (Lipinski definition) is 5. The highest BCUT2D eigenvalue weighted by Gasteiger charge is 2.45. The number of carbonyl (C=O) groups is 8. The second kappa shape index (κ2) is 28.2. The molecule has 4 amide bonds. The first kappa shape index (κ1) is 63.1. The minimum Gasteiger partial charge on any atom is -0.480 e. The van der Waals surface area contributed by atoms with E-state index in [4.69, 9.17) is 65.7 Å². The van der Waals surface area contributed by atoms with Crippen LogP contribution in [-0.2, 0) is 78.1 Å². The number of ketones is 1. The number of amides is 4. The van der Waals surface area contributed by atoms with Crippen molar-refractivity contribution in [1.29, 1.82) is 0 Å². The maximum atomic E-state index is 14.1. The molecule has 5 aromatic carbocycles. The molecule has 0 spiro atoms. The van der Waals surface area contributed by atoms with Crippen LogP contribution in [0.4, 0.5) is 14.4 Å². The van der Waals surface area contributed by atoms with Crippen LogP contribution < -0.4 is 10.6 Å². The second-order valence-corrected chi connectivity index (χ2v) is 22.0. The second-order valence-electron chi connectivity index (χ2n) is 16.6. The van der Waals surface area contributed by atoms with Crippen LogP contribution in [-0.4, -0.2) is 115 Å². The maximum Gasteiger partial charge on any atom is 0.423 e. The lowest BCUT2D eigenvalue weighted by atomic mass is 9.83. The first-order chi connectivity index (χ1) is 36.6. The highest BCUT2D eigenvalue weighted by Crippen LogP contribution is 2.43. The molecule has 5 aromatic rings. The number of hydrogen-bond acceptors (Lipinski definition) is 15. The van der Waals surface area contributed by atoms with Gasteiger partial charge in [0.05, 0.1) is 10.0 Å². The predicted molar refractivity (Wildman–Crippen MR) is 281 cm³/mol. The molecule has 0 radical (unpaired) electrons. The molecule has 78 heavy (non-hydrogen) atoms. The van der Waals surface area contributed by atoms with Gasteiger partial charge in [-0.2, -0.15) is 0 Å². The summed E-state index contributed by atoms with van der Waals surface area (Å²) < 4.78 is 69.8. The fourth-order valence-corrected chi connectivity index (χ4v) is 10.8. The van der Waals surface area contributed by atoms with Crippen LogP contribution in [0.25, 0.3) is 0 Å². The van der Waals surface area contributed by atoms with Crippen molar-refractivity contribution >= 4 is 114 Å². The zero-order valence-electron chi connectivity index (χ0n) is 41.3. The van der Waals surface area contributed by atoms with E-state index in [1.165, 1.54) is 0 Å². The number of nitrogens with zero attached hydrogens (tertiary/aromatic N) is 2. The van der Waals surface area contributed by atoms with Gasteiger partial charge in [0, 0.05) is 35.3 Å². The SMILES string of the molecule is CC(C)[C@H](NC(=O)OCc1ccccc1)C(=O)NCC(=O)O.CN(C(=O)OCc1ccccc1)S(=O)(=O)c1ccc(Cl)c(C(C(=O)O)C(=O)C(C(=O)O)c2c(Cl)ccc(S(=O)(=O)N(C)C(=O)OCc3ccccc3)c2Cl)c1Cl. The lowest BCUT2D eigenvalue weighted by Crippen LogP contribution is -2.50. The summed E-state index contributed by atoms with van der Waals surface area (Å²) in [6, 6.07) is 28.0. The summed E-state index contributed by atoms with van der Waals surface area (Å²) in [5.41, 5.74) is 0.0632. The first-order valence-electron chi connectivity index (χ1n) is 22.4. The molecule has 0 aliphatic carbocycles. The highest BCUT2D eigenvalue weighted by molar-refractivity contribution is 7.90. The molecule has 22 nitrogen and oxygen atoms in total. The Balaban J connectivity index is 0.000000498. The number of halogens is 4. The van der Waals surface area contributed by atoms with Crippen molar-refractivity contribution in [1.82, 2.24) is 19.2 Å². The third-order valence-electron chi connectivity index (χ3n) is 10.9. The minimum atomic E-state index is -4.96. The monoisotopic (exact) mass is 1200 g/mol. The number of nitrogens with one attached hydrogen (secondary N) is 2. The summed E-state index contributed by atoms with van der Waals surface area (Å²) >= 11 is 25.4. The normalized spacial score (nSPS) is 12.3. The van der Waals surface area contributed by atoms with E-state index in [1.54, 1.807) is 74.5 Å². The molecule has 5 N–H and O–H groups in total. The molecule has 0 aliphatic rings. The number of Topliss-reactive ketones (excluding diaryl/α,β-unsaturated/α-hetero) is 1. The standard InChI is InChI=1S/C35H28Cl4N2O13S2.C15H20N2O5/c1-40(34(47)53-17-19-9-5-3-6-10-19)55(49,50)23-15-13-21(36)25(29(23)38)27(32(43)44)31(42)28(33(45)46)26-22(37)14-16-24(30(26)39)56(51,52)41(2)35(48)54-18-20-11-7-4-8-12-20;1-10(2)13(14(20)16-8-12(18)19)17-15(21)22-9-11-6-4-3-5-7-11/h3-16,27-28H,17-18H2,1-2H3,(H,43,44)(H,45,46);3-7,10,13H,8-9H2,1-2H3,(H,16,20)(H,17,21)(H,18,19)/t;13-/m.0/s1. The third kappa shape index (κ3) is 16.3. The van der Waals surface area contributed by atoms with Gasteiger partial charge in [-0.05, 0) is 46.9 Å². The molecule has 0 heterocycles. The van der Waals surface area contributed by atoms with E-state index in [-0.39, 0.29) is 34.3 Å². The van der Waals surface area contributed by atoms with Gasteiger partial charge < -0.3 is 40.2 Å². The van der Waals surface area contributed by atoms with Crippen LogP contribution >= 0.6 is 46.4 Å². The number of carboxylic acid groups (broad SMARTS) is 3. The highest BCUT2D eigenvalue weighted by atomic mass is 35.5. The van der Waals surface area contributed by atoms with Crippen LogP contribution in [0.15, 0.2) is 125 Å². The van der Waals surface area contributed by atoms with Crippen molar-refractivity contribution in [2.24, 2.45) is 5.92 Å². The van der Waals surface area contributed by atoms with E-state index < -0.39 is 133 Å². The van der Waals surface area contributed by atoms with E-state index in [0.717, 1.165) is 43.9 Å². The van der Waals surface area contributed by atoms with Gasteiger partial charge in [0.2, 0.25) is 5.91 Å². The summed E-state index contributed by atoms with van der Waals surface area (Å²) in [4.78, 5) is 97.4. The Kier molecular flexibility index (Phi) is 22.8. The predicted octanol–water partition coefficient (Wildman–Crippen LogP) is 7.96. The number of carboxylic acids is 3. The number of rotatable bonds is 21. The van der Waals surface area contributed by atoms with Crippen molar-refractivity contribution < 1.29 is 84.7 Å². The van der Waals surface area contributed by atoms with E-state index in [0.29, 0.717) is 11.1 Å². The third-order valence-corrected chi connectivity index (χ3v) is 16.1. The van der Waals surface area contributed by atoms with Crippen molar-refractivity contribution in [3.05, 3.63) is 163 Å². The molecule has 0 aliphatic heterocycles. The number of carbonyl (C=O) groups excluding carboxylic acids is 5. The largest absolute Gasteiger partial charge is 0.480 e. The zero-order chi connectivity index (χ0) is 58.2. The minimum absolute atomic E-state index is 0.0915. The summed E-state index contributed by atoms with van der Waals surface area (Å²) in [6.07, 6.45) is -3.46. The zero-order valence-corrected chi connectivity index (χ0v) is 46.0. The Morgan fingerprint density at radius 3 is 1.21 bits per heavy atom. The van der Waals surface area contributed by atoms with Crippen molar-refractivity contribution in [3.8, 4) is 0 Å². The van der Waals surface area contributed by atoms with Gasteiger partial charge in [-0.15, -0.1) is 0 Å². The van der Waals surface area contributed by atoms with Gasteiger partial charge in [-0.3, -0.25) is 24.0 Å². The Labute approximate surface area is 466 Å². The Morgan fingerprint density at radius 2 is 0.885 bits per heavy atom. The summed E-state index contributed by atoms with van der Waals surface area (Å²) in [7, 11) is -8.28. The molecule has 3 atom stereocenters. The fraction of sp³-hybridized carbons (Fsp3) is 0.240. The Morgan fingerprint density at radius 1 is 0.538 bits per heavy atom. The van der Waals surface area contributed by atoms with Gasteiger partial charge >= 0.3 is 36.2 Å². The van der Waals surface area contributed by atoms with E-state index in [1.807, 2.05) is 30.3 Å². The van der Waals surface area contributed by atoms with Crippen LogP contribution in [0.2, 0.25) is 20.1 Å². The average Bonchev–Trinajstić information content (AvgIpc) is 3.51. The topological polar surface area (TPSA) is 324 Å². The van der Waals surface area contributed by atoms with Gasteiger partial charge in [-0.1, -0.05) is 151 Å². The molecule has 5 rings (SSSR count). The fourth-order valence-electron chi connectivity index (χ4n) is 6.78. The molecule has 2 unspecified atom stereocenters. The van der Waals surface area contributed by atoms with Crippen LogP contribution in [0.1, 0.15) is 53.5 Å². The number of benzene rings is 5. The summed E-state index contributed by atoms with van der Waals surface area (Å²) in [5.74, 6) is -13.2. The molecule has 0 saturated heterocycles. The van der Waals surface area contributed by atoms with Crippen LogP contribution in [0, 0.1) is 5.92 Å². The summed E-state index contributed by atoms with van der Waals surface area (Å²) in [6.45, 7) is 2.42. The lowest BCUT2D eigenvalue weighted by Gasteiger charge is -2.24. The smallest absolute Gasteiger partial charge is 0.423 e. The molecule has 0 bridgehead atoms. The first-order valence-corrected chi connectivity index (χ1v) is 26.8. The number of aliphatic carboxylic acids is 3. The Hall–Kier alpha value is -7.48. The molecular formula is C50H48Cl4N4O18S2. The molecule has 28 heteroatoms.